The molecule has 1 aromatic carbocycles. The fourth-order valence-electron chi connectivity index (χ4n) is 2.96. The van der Waals surface area contributed by atoms with Crippen LogP contribution >= 0.6 is 15.9 Å². The van der Waals surface area contributed by atoms with E-state index in [1.54, 1.807) is 13.2 Å². The fourth-order valence-corrected chi connectivity index (χ4v) is 3.55. The molecule has 0 aliphatic carbocycles. The number of ether oxygens (including phenoxy) is 1. The van der Waals surface area contributed by atoms with E-state index in [1.807, 2.05) is 6.07 Å². The minimum atomic E-state index is -0.559. The standard InChI is InChI=1S/C15H17BrN2O3/c1-8-3-4-18(7-13(8)21-2)12-6-11-9(5-10(12)16)14(19)15(20)17-11/h5-6,8,13H,3-4,7H2,1-2H3,(H,17,19,20). The smallest absolute Gasteiger partial charge is 0.296 e. The van der Waals surface area contributed by atoms with Crippen LogP contribution in [-0.2, 0) is 9.53 Å². The Balaban J connectivity index is 1.92. The summed E-state index contributed by atoms with van der Waals surface area (Å²) in [5.74, 6) is -0.504. The molecule has 1 amide bonds. The molecule has 3 rings (SSSR count). The van der Waals surface area contributed by atoms with Gasteiger partial charge in [0.2, 0.25) is 0 Å². The Morgan fingerprint density at radius 3 is 2.86 bits per heavy atom. The van der Waals surface area contributed by atoms with Crippen molar-refractivity contribution in [2.24, 2.45) is 5.92 Å². The number of nitrogens with zero attached hydrogens (tertiary/aromatic N) is 1. The van der Waals surface area contributed by atoms with Gasteiger partial charge in [0.25, 0.3) is 11.7 Å². The van der Waals surface area contributed by atoms with Gasteiger partial charge in [0.05, 0.1) is 23.0 Å². The SMILES string of the molecule is COC1CN(c2cc3c(cc2Br)C(=O)C(=O)N3)CCC1C. The van der Waals surface area contributed by atoms with E-state index >= 15 is 0 Å². The van der Waals surface area contributed by atoms with Crippen LogP contribution in [0.5, 0.6) is 0 Å². The number of hydrogen-bond donors (Lipinski definition) is 1. The summed E-state index contributed by atoms with van der Waals surface area (Å²) in [7, 11) is 1.74. The molecule has 0 radical (unpaired) electrons. The van der Waals surface area contributed by atoms with Gasteiger partial charge in [-0.15, -0.1) is 0 Å². The topological polar surface area (TPSA) is 58.6 Å². The molecule has 1 fully saturated rings. The van der Waals surface area contributed by atoms with Crippen molar-refractivity contribution in [1.29, 1.82) is 0 Å². The average Bonchev–Trinajstić information content (AvgIpc) is 2.74. The van der Waals surface area contributed by atoms with Gasteiger partial charge in [0, 0.05) is 24.7 Å². The number of carbonyl (C=O) groups excluding carboxylic acids is 2. The number of halogens is 1. The van der Waals surface area contributed by atoms with E-state index in [2.05, 4.69) is 33.1 Å². The average molecular weight is 353 g/mol. The van der Waals surface area contributed by atoms with Crippen molar-refractivity contribution < 1.29 is 14.3 Å². The van der Waals surface area contributed by atoms with Gasteiger partial charge in [-0.05, 0) is 40.4 Å². The zero-order valence-corrected chi connectivity index (χ0v) is 13.6. The predicted octanol–water partition coefficient (Wildman–Crippen LogP) is 2.45. The van der Waals surface area contributed by atoms with Gasteiger partial charge in [-0.25, -0.2) is 0 Å². The van der Waals surface area contributed by atoms with Gasteiger partial charge in [-0.3, -0.25) is 9.59 Å². The highest BCUT2D eigenvalue weighted by Gasteiger charge is 2.32. The third-order valence-electron chi connectivity index (χ3n) is 4.32. The molecule has 1 aromatic rings. The molecule has 0 bridgehead atoms. The van der Waals surface area contributed by atoms with Crippen molar-refractivity contribution in [3.63, 3.8) is 0 Å². The van der Waals surface area contributed by atoms with E-state index in [4.69, 9.17) is 4.74 Å². The number of hydrogen-bond acceptors (Lipinski definition) is 4. The largest absolute Gasteiger partial charge is 0.379 e. The molecule has 2 unspecified atom stereocenters. The summed E-state index contributed by atoms with van der Waals surface area (Å²) in [6.07, 6.45) is 1.24. The highest BCUT2D eigenvalue weighted by atomic mass is 79.9. The zero-order valence-electron chi connectivity index (χ0n) is 12.0. The lowest BCUT2D eigenvalue weighted by molar-refractivity contribution is -0.112. The highest BCUT2D eigenvalue weighted by Crippen LogP contribution is 2.37. The lowest BCUT2D eigenvalue weighted by atomic mass is 9.95. The molecule has 5 nitrogen and oxygen atoms in total. The van der Waals surface area contributed by atoms with Crippen molar-refractivity contribution in [3.05, 3.63) is 22.2 Å². The molecule has 0 saturated carbocycles. The number of piperidine rings is 1. The van der Waals surface area contributed by atoms with Crippen LogP contribution < -0.4 is 10.2 Å². The normalized spacial score (nSPS) is 25.0. The van der Waals surface area contributed by atoms with Crippen molar-refractivity contribution in [3.8, 4) is 0 Å². The van der Waals surface area contributed by atoms with Crippen molar-refractivity contribution >= 4 is 39.0 Å². The number of anilines is 2. The van der Waals surface area contributed by atoms with Crippen LogP contribution in [0.3, 0.4) is 0 Å². The summed E-state index contributed by atoms with van der Waals surface area (Å²) in [6.45, 7) is 3.93. The highest BCUT2D eigenvalue weighted by molar-refractivity contribution is 9.10. The molecule has 6 heteroatoms. The molecule has 0 spiro atoms. The quantitative estimate of drug-likeness (QED) is 0.830. The van der Waals surface area contributed by atoms with E-state index in [0.29, 0.717) is 17.2 Å². The number of benzene rings is 1. The number of amides is 1. The number of carbonyl (C=O) groups is 2. The summed E-state index contributed by atoms with van der Waals surface area (Å²) >= 11 is 3.52. The number of nitrogens with one attached hydrogen (secondary N) is 1. The second kappa shape index (κ2) is 5.42. The van der Waals surface area contributed by atoms with Crippen LogP contribution in [0.2, 0.25) is 0 Å². The van der Waals surface area contributed by atoms with Crippen molar-refractivity contribution in [1.82, 2.24) is 0 Å². The van der Waals surface area contributed by atoms with E-state index in [1.165, 1.54) is 0 Å². The Labute approximate surface area is 131 Å². The molecular formula is C15H17BrN2O3. The molecular weight excluding hydrogens is 336 g/mol. The second-order valence-electron chi connectivity index (χ2n) is 5.62. The minimum Gasteiger partial charge on any atom is -0.379 e. The molecule has 1 saturated heterocycles. The van der Waals surface area contributed by atoms with Crippen molar-refractivity contribution in [2.75, 3.05) is 30.4 Å². The molecule has 0 aromatic heterocycles. The summed E-state index contributed by atoms with van der Waals surface area (Å²) in [4.78, 5) is 25.4. The van der Waals surface area contributed by atoms with Crippen LogP contribution in [-0.4, -0.2) is 38.0 Å². The van der Waals surface area contributed by atoms with Crippen LogP contribution in [0.4, 0.5) is 11.4 Å². The lowest BCUT2D eigenvalue weighted by Crippen LogP contribution is -2.44. The first kappa shape index (κ1) is 14.5. The number of Topliss-reactive ketones (excluding diaryl/α,β-unsaturated/α-hetero) is 1. The fraction of sp³-hybridized carbons (Fsp3) is 0.467. The summed E-state index contributed by atoms with van der Waals surface area (Å²) in [6, 6.07) is 3.59. The monoisotopic (exact) mass is 352 g/mol. The zero-order chi connectivity index (χ0) is 15.1. The number of methoxy groups -OCH3 is 1. The van der Waals surface area contributed by atoms with Gasteiger partial charge in [0.15, 0.2) is 0 Å². The maximum atomic E-state index is 11.7. The number of rotatable bonds is 2. The molecule has 2 heterocycles. The lowest BCUT2D eigenvalue weighted by Gasteiger charge is -2.38. The first-order valence-electron chi connectivity index (χ1n) is 6.98. The molecule has 21 heavy (non-hydrogen) atoms. The first-order valence-corrected chi connectivity index (χ1v) is 7.77. The maximum absolute atomic E-state index is 11.7. The van der Waals surface area contributed by atoms with Gasteiger partial charge in [-0.1, -0.05) is 6.92 Å². The van der Waals surface area contributed by atoms with Crippen LogP contribution in [0, 0.1) is 5.92 Å². The summed E-state index contributed by atoms with van der Waals surface area (Å²) in [5.41, 5.74) is 2.01. The number of fused-ring (bicyclic) bond motifs is 1. The van der Waals surface area contributed by atoms with Gasteiger partial charge < -0.3 is 15.0 Å². The Bertz CT molecular complexity index is 617. The van der Waals surface area contributed by atoms with Gasteiger partial charge >= 0.3 is 0 Å². The van der Waals surface area contributed by atoms with Crippen LogP contribution in [0.25, 0.3) is 0 Å². The number of ketones is 1. The molecule has 1 N–H and O–H groups in total. The minimum absolute atomic E-state index is 0.190. The second-order valence-corrected chi connectivity index (χ2v) is 6.47. The van der Waals surface area contributed by atoms with E-state index in [0.717, 1.165) is 29.7 Å². The molecule has 112 valence electrons. The van der Waals surface area contributed by atoms with Crippen LogP contribution in [0.15, 0.2) is 16.6 Å². The molecule has 2 atom stereocenters. The van der Waals surface area contributed by atoms with Crippen LogP contribution in [0.1, 0.15) is 23.7 Å². The maximum Gasteiger partial charge on any atom is 0.296 e. The Morgan fingerprint density at radius 1 is 1.38 bits per heavy atom. The molecule has 2 aliphatic rings. The first-order chi connectivity index (χ1) is 10.0. The third-order valence-corrected chi connectivity index (χ3v) is 4.95. The molecule has 2 aliphatic heterocycles. The van der Waals surface area contributed by atoms with Gasteiger partial charge in [-0.2, -0.15) is 0 Å². The van der Waals surface area contributed by atoms with E-state index in [9.17, 15) is 9.59 Å². The Morgan fingerprint density at radius 2 is 2.14 bits per heavy atom. The Hall–Kier alpha value is -1.40. The summed E-state index contributed by atoms with van der Waals surface area (Å²) in [5, 5.41) is 2.62. The van der Waals surface area contributed by atoms with E-state index < -0.39 is 11.7 Å². The summed E-state index contributed by atoms with van der Waals surface area (Å²) < 4.78 is 6.37. The van der Waals surface area contributed by atoms with Gasteiger partial charge in [0.1, 0.15) is 0 Å². The third kappa shape index (κ3) is 2.46. The Kier molecular flexibility index (Phi) is 3.75. The van der Waals surface area contributed by atoms with Crippen molar-refractivity contribution in [2.45, 2.75) is 19.4 Å². The predicted molar refractivity (Wildman–Crippen MR) is 83.9 cm³/mol. The van der Waals surface area contributed by atoms with E-state index in [-0.39, 0.29) is 6.10 Å².